The largest absolute Gasteiger partial charge is 0.493 e. The number of furan rings is 1. The fourth-order valence-electron chi connectivity index (χ4n) is 2.27. The lowest BCUT2D eigenvalue weighted by Crippen LogP contribution is -1.93. The Labute approximate surface area is 166 Å². The van der Waals surface area contributed by atoms with E-state index >= 15 is 0 Å². The molecule has 0 fully saturated rings. The highest BCUT2D eigenvalue weighted by Gasteiger charge is 2.16. The van der Waals surface area contributed by atoms with Gasteiger partial charge in [0.25, 0.3) is 17.0 Å². The van der Waals surface area contributed by atoms with E-state index in [0.29, 0.717) is 51.4 Å². The van der Waals surface area contributed by atoms with Crippen LogP contribution < -0.4 is 4.74 Å². The van der Waals surface area contributed by atoms with Crippen molar-refractivity contribution < 1.29 is 18.0 Å². The predicted octanol–water partition coefficient (Wildman–Crippen LogP) is 4.83. The summed E-state index contributed by atoms with van der Waals surface area (Å²) in [4.78, 5) is 0. The van der Waals surface area contributed by atoms with Crippen LogP contribution in [0.25, 0.3) is 23.1 Å². The molecule has 27 heavy (non-hydrogen) atoms. The second kappa shape index (κ2) is 7.97. The average Bonchev–Trinajstić information content (AvgIpc) is 3.41. The van der Waals surface area contributed by atoms with E-state index in [9.17, 15) is 0 Å². The smallest absolute Gasteiger partial charge is 0.283 e. The molecule has 0 saturated carbocycles. The lowest BCUT2D eigenvalue weighted by Gasteiger charge is -2.05. The van der Waals surface area contributed by atoms with Gasteiger partial charge < -0.3 is 18.0 Å². The third kappa shape index (κ3) is 4.06. The highest BCUT2D eigenvalue weighted by Crippen LogP contribution is 2.32. The van der Waals surface area contributed by atoms with Crippen LogP contribution in [0.1, 0.15) is 12.8 Å². The van der Waals surface area contributed by atoms with Gasteiger partial charge in [0.1, 0.15) is 5.75 Å². The van der Waals surface area contributed by atoms with Gasteiger partial charge in [-0.05, 0) is 47.1 Å². The summed E-state index contributed by atoms with van der Waals surface area (Å²) in [5.41, 5.74) is 0.752. The number of para-hydroxylation sites is 1. The van der Waals surface area contributed by atoms with Crippen molar-refractivity contribution in [3.63, 3.8) is 0 Å². The Balaban J connectivity index is 1.44. The number of aromatic nitrogens is 4. The summed E-state index contributed by atoms with van der Waals surface area (Å²) < 4.78 is 22.9. The van der Waals surface area contributed by atoms with Gasteiger partial charge in [-0.1, -0.05) is 23.9 Å². The van der Waals surface area contributed by atoms with Crippen LogP contribution in [0.5, 0.6) is 5.75 Å². The van der Waals surface area contributed by atoms with Gasteiger partial charge in [0.15, 0.2) is 10.4 Å². The van der Waals surface area contributed by atoms with Gasteiger partial charge in [0.2, 0.25) is 5.89 Å². The molecule has 0 radical (unpaired) electrons. The number of nitrogens with zero attached hydrogens (tertiary/aromatic N) is 4. The minimum Gasteiger partial charge on any atom is -0.493 e. The number of rotatable bonds is 7. The molecular formula is C17H13BrN4O4S. The van der Waals surface area contributed by atoms with Crippen LogP contribution in [0.2, 0.25) is 0 Å². The Morgan fingerprint density at radius 3 is 2.63 bits per heavy atom. The molecular weight excluding hydrogens is 436 g/mol. The molecule has 1 aromatic carbocycles. The normalized spacial score (nSPS) is 11.0. The Bertz CT molecular complexity index is 1040. The van der Waals surface area contributed by atoms with Crippen molar-refractivity contribution in [2.24, 2.45) is 0 Å². The SMILES string of the molecule is CCOc1ccccc1-c1nnc(SCc2nnc(-c3ccc(Br)o3)o2)o1. The second-order valence-electron chi connectivity index (χ2n) is 5.20. The maximum atomic E-state index is 5.72. The van der Waals surface area contributed by atoms with Gasteiger partial charge >= 0.3 is 0 Å². The van der Waals surface area contributed by atoms with Crippen LogP contribution in [0.3, 0.4) is 0 Å². The molecule has 138 valence electrons. The molecule has 0 saturated heterocycles. The molecule has 8 nitrogen and oxygen atoms in total. The molecule has 4 rings (SSSR count). The fourth-order valence-corrected chi connectivity index (χ4v) is 3.17. The first-order valence-electron chi connectivity index (χ1n) is 7.99. The Kier molecular flexibility index (Phi) is 5.26. The summed E-state index contributed by atoms with van der Waals surface area (Å²) in [5, 5.41) is 16.5. The van der Waals surface area contributed by atoms with E-state index in [1.54, 1.807) is 12.1 Å². The Morgan fingerprint density at radius 1 is 0.963 bits per heavy atom. The molecule has 0 unspecified atom stereocenters. The topological polar surface area (TPSA) is 100 Å². The van der Waals surface area contributed by atoms with Crippen LogP contribution in [0.4, 0.5) is 0 Å². The van der Waals surface area contributed by atoms with Gasteiger partial charge in [0.05, 0.1) is 17.9 Å². The number of hydrogen-bond acceptors (Lipinski definition) is 9. The number of thioether (sulfide) groups is 1. The third-order valence-electron chi connectivity index (χ3n) is 3.39. The summed E-state index contributed by atoms with van der Waals surface area (Å²) >= 11 is 4.54. The van der Waals surface area contributed by atoms with Crippen LogP contribution in [-0.2, 0) is 5.75 Å². The Morgan fingerprint density at radius 2 is 1.81 bits per heavy atom. The van der Waals surface area contributed by atoms with Gasteiger partial charge in [-0.25, -0.2) is 0 Å². The molecule has 0 bridgehead atoms. The maximum Gasteiger partial charge on any atom is 0.283 e. The summed E-state index contributed by atoms with van der Waals surface area (Å²) in [6.07, 6.45) is 0. The van der Waals surface area contributed by atoms with E-state index in [0.717, 1.165) is 5.56 Å². The van der Waals surface area contributed by atoms with Crippen molar-refractivity contribution in [2.75, 3.05) is 6.61 Å². The average molecular weight is 449 g/mol. The first-order chi connectivity index (χ1) is 13.2. The zero-order chi connectivity index (χ0) is 18.6. The van der Waals surface area contributed by atoms with Gasteiger partial charge in [-0.15, -0.1) is 20.4 Å². The lowest BCUT2D eigenvalue weighted by atomic mass is 10.2. The van der Waals surface area contributed by atoms with Crippen LogP contribution in [0.15, 0.2) is 59.5 Å². The molecule has 0 atom stereocenters. The molecule has 3 aromatic heterocycles. The molecule has 4 aromatic rings. The van der Waals surface area contributed by atoms with Crippen molar-refractivity contribution in [1.82, 2.24) is 20.4 Å². The van der Waals surface area contributed by atoms with Gasteiger partial charge in [-0.2, -0.15) is 0 Å². The highest BCUT2D eigenvalue weighted by molar-refractivity contribution is 9.10. The molecule has 0 aliphatic carbocycles. The second-order valence-corrected chi connectivity index (χ2v) is 6.90. The minimum absolute atomic E-state index is 0.313. The molecule has 3 heterocycles. The first kappa shape index (κ1) is 17.8. The molecule has 0 N–H and O–H groups in total. The quantitative estimate of drug-likeness (QED) is 0.367. The monoisotopic (exact) mass is 448 g/mol. The van der Waals surface area contributed by atoms with E-state index in [-0.39, 0.29) is 0 Å². The zero-order valence-corrected chi connectivity index (χ0v) is 16.5. The fraction of sp³-hybridized carbons (Fsp3) is 0.176. The highest BCUT2D eigenvalue weighted by atomic mass is 79.9. The van der Waals surface area contributed by atoms with Crippen LogP contribution in [-0.4, -0.2) is 27.0 Å². The zero-order valence-electron chi connectivity index (χ0n) is 14.1. The number of benzene rings is 1. The summed E-state index contributed by atoms with van der Waals surface area (Å²) in [6.45, 7) is 2.48. The number of hydrogen-bond donors (Lipinski definition) is 0. The third-order valence-corrected chi connectivity index (χ3v) is 4.62. The van der Waals surface area contributed by atoms with Gasteiger partial charge in [-0.3, -0.25) is 0 Å². The summed E-state index contributed by atoms with van der Waals surface area (Å²) in [5.74, 6) is 2.73. The van der Waals surface area contributed by atoms with Crippen molar-refractivity contribution in [1.29, 1.82) is 0 Å². The van der Waals surface area contributed by atoms with Crippen molar-refractivity contribution in [2.45, 2.75) is 17.9 Å². The minimum atomic E-state index is 0.313. The van der Waals surface area contributed by atoms with Crippen LogP contribution >= 0.6 is 27.7 Å². The summed E-state index contributed by atoms with van der Waals surface area (Å²) in [7, 11) is 0. The molecule has 10 heteroatoms. The molecule has 0 aliphatic heterocycles. The van der Waals surface area contributed by atoms with Crippen LogP contribution in [0, 0.1) is 0 Å². The van der Waals surface area contributed by atoms with Gasteiger partial charge in [0, 0.05) is 0 Å². The molecule has 0 spiro atoms. The summed E-state index contributed by atoms with van der Waals surface area (Å²) in [6, 6.07) is 11.0. The van der Waals surface area contributed by atoms with E-state index in [1.807, 2.05) is 31.2 Å². The van der Waals surface area contributed by atoms with Crippen molar-refractivity contribution in [3.8, 4) is 28.9 Å². The molecule has 0 aliphatic rings. The number of ether oxygens (including phenoxy) is 1. The van der Waals surface area contributed by atoms with E-state index < -0.39 is 0 Å². The molecule has 0 amide bonds. The lowest BCUT2D eigenvalue weighted by molar-refractivity contribution is 0.340. The van der Waals surface area contributed by atoms with Crippen molar-refractivity contribution >= 4 is 27.7 Å². The van der Waals surface area contributed by atoms with E-state index in [1.165, 1.54) is 11.8 Å². The standard InChI is InChI=1S/C17H13BrN4O4S/c1-2-23-11-6-4-3-5-10(11)15-20-22-17(26-15)27-9-14-19-21-16(25-14)12-7-8-13(18)24-12/h3-8H,2,9H2,1H3. The van der Waals surface area contributed by atoms with E-state index in [4.69, 9.17) is 18.0 Å². The number of halogens is 1. The Hall–Kier alpha value is -2.59. The van der Waals surface area contributed by atoms with E-state index in [2.05, 4.69) is 36.3 Å². The van der Waals surface area contributed by atoms with Crippen molar-refractivity contribution in [3.05, 3.63) is 47.0 Å². The maximum absolute atomic E-state index is 5.72. The predicted molar refractivity (Wildman–Crippen MR) is 100 cm³/mol. The first-order valence-corrected chi connectivity index (χ1v) is 9.77.